The zero-order valence-electron chi connectivity index (χ0n) is 12.1. The fourth-order valence-electron chi connectivity index (χ4n) is 2.84. The molecule has 2 aliphatic heterocycles. The third-order valence-corrected chi connectivity index (χ3v) is 7.81. The van der Waals surface area contributed by atoms with E-state index in [1.54, 1.807) is 23.1 Å². The number of amides is 1. The maximum absolute atomic E-state index is 12.6. The highest BCUT2D eigenvalue weighted by molar-refractivity contribution is 8.00. The minimum atomic E-state index is -0.290. The number of likely N-dealkylation sites (tertiary alicyclic amines) is 1. The van der Waals surface area contributed by atoms with Gasteiger partial charge in [-0.2, -0.15) is 17.0 Å². The van der Waals surface area contributed by atoms with Crippen LogP contribution >= 0.6 is 34.9 Å². The molecule has 3 heterocycles. The van der Waals surface area contributed by atoms with E-state index >= 15 is 0 Å². The first kappa shape index (κ1) is 15.3. The van der Waals surface area contributed by atoms with Gasteiger partial charge >= 0.3 is 0 Å². The Balaban J connectivity index is 1.70. The number of thiophene rings is 1. The maximum atomic E-state index is 12.6. The second-order valence-corrected chi connectivity index (χ2v) is 8.90. The Morgan fingerprint density at radius 3 is 2.86 bits per heavy atom. The summed E-state index contributed by atoms with van der Waals surface area (Å²) in [5, 5.41) is 9.32. The van der Waals surface area contributed by atoms with Gasteiger partial charge in [-0.1, -0.05) is 0 Å². The number of hydrogen-bond acceptors (Lipinski definition) is 5. The van der Waals surface area contributed by atoms with E-state index in [9.17, 15) is 10.1 Å². The van der Waals surface area contributed by atoms with E-state index in [1.165, 1.54) is 16.2 Å². The molecule has 3 rings (SSSR count). The van der Waals surface area contributed by atoms with Crippen molar-refractivity contribution in [2.75, 3.05) is 25.1 Å². The molecule has 1 saturated heterocycles. The number of carbonyl (C=O) groups is 1. The van der Waals surface area contributed by atoms with Crippen LogP contribution in [0.4, 0.5) is 0 Å². The molecule has 6 heteroatoms. The smallest absolute Gasteiger partial charge is 0.263 e. The van der Waals surface area contributed by atoms with Crippen molar-refractivity contribution in [1.29, 1.82) is 5.26 Å². The predicted octanol–water partition coefficient (Wildman–Crippen LogP) is 3.40. The molecule has 0 aliphatic carbocycles. The summed E-state index contributed by atoms with van der Waals surface area (Å²) < 4.78 is -0.290. The van der Waals surface area contributed by atoms with Crippen molar-refractivity contribution in [3.8, 4) is 6.07 Å². The molecule has 0 spiro atoms. The number of piperidine rings is 1. The van der Waals surface area contributed by atoms with Crippen LogP contribution in [0.25, 0.3) is 0 Å². The van der Waals surface area contributed by atoms with Gasteiger partial charge < -0.3 is 4.90 Å². The van der Waals surface area contributed by atoms with Gasteiger partial charge in [-0.3, -0.25) is 4.79 Å². The Morgan fingerprint density at radius 2 is 2.24 bits per heavy atom. The van der Waals surface area contributed by atoms with E-state index < -0.39 is 0 Å². The largest absolute Gasteiger partial charge is 0.338 e. The molecule has 21 heavy (non-hydrogen) atoms. The lowest BCUT2D eigenvalue weighted by Crippen LogP contribution is -2.44. The lowest BCUT2D eigenvalue weighted by atomic mass is 9.97. The van der Waals surface area contributed by atoms with E-state index in [0.29, 0.717) is 13.1 Å². The van der Waals surface area contributed by atoms with Crippen LogP contribution in [0.5, 0.6) is 0 Å². The van der Waals surface area contributed by atoms with Crippen LogP contribution in [-0.4, -0.2) is 40.7 Å². The Labute approximate surface area is 138 Å². The van der Waals surface area contributed by atoms with Crippen LogP contribution in [0.15, 0.2) is 6.07 Å². The van der Waals surface area contributed by atoms with Crippen LogP contribution in [-0.2, 0) is 12.2 Å². The highest BCUT2D eigenvalue weighted by atomic mass is 32.2. The highest BCUT2D eigenvalue weighted by Crippen LogP contribution is 2.36. The minimum Gasteiger partial charge on any atom is -0.338 e. The third-order valence-electron chi connectivity index (χ3n) is 4.29. The number of carbonyl (C=O) groups excluding carboxylic acids is 1. The van der Waals surface area contributed by atoms with Gasteiger partial charge in [0.2, 0.25) is 0 Å². The molecule has 2 aliphatic rings. The standard InChI is InChI=1S/C15H18N2OS3/c1-19-15(10-16)3-5-17(6-4-15)14(18)13-8-11-9-20-7-2-12(11)21-13/h8H,2-7,9H2,1H3. The van der Waals surface area contributed by atoms with Crippen molar-refractivity contribution in [2.45, 2.75) is 29.8 Å². The molecule has 0 atom stereocenters. The average molecular weight is 339 g/mol. The highest BCUT2D eigenvalue weighted by Gasteiger charge is 2.36. The Hall–Kier alpha value is -0.640. The van der Waals surface area contributed by atoms with E-state index in [4.69, 9.17) is 0 Å². The third kappa shape index (κ3) is 2.96. The Morgan fingerprint density at radius 1 is 1.48 bits per heavy atom. The van der Waals surface area contributed by atoms with E-state index in [0.717, 1.165) is 29.9 Å². The summed E-state index contributed by atoms with van der Waals surface area (Å²) in [6.07, 6.45) is 4.64. The average Bonchev–Trinajstić information content (AvgIpc) is 2.98. The van der Waals surface area contributed by atoms with Crippen molar-refractivity contribution < 1.29 is 4.79 Å². The zero-order chi connectivity index (χ0) is 14.9. The van der Waals surface area contributed by atoms with Crippen molar-refractivity contribution in [3.63, 3.8) is 0 Å². The molecule has 1 fully saturated rings. The van der Waals surface area contributed by atoms with Crippen molar-refractivity contribution in [3.05, 3.63) is 21.4 Å². The Bertz CT molecular complexity index is 559. The molecular formula is C15H18N2OS3. The number of nitrogens with zero attached hydrogens (tertiary/aromatic N) is 2. The number of nitriles is 1. The first-order valence-corrected chi connectivity index (χ1v) is 10.3. The lowest BCUT2D eigenvalue weighted by Gasteiger charge is -2.35. The fourth-order valence-corrected chi connectivity index (χ4v) is 5.86. The number of thioether (sulfide) groups is 2. The molecule has 0 unspecified atom stereocenters. The molecule has 0 aromatic carbocycles. The quantitative estimate of drug-likeness (QED) is 0.829. The van der Waals surface area contributed by atoms with Gasteiger partial charge in [0.1, 0.15) is 4.75 Å². The first-order valence-electron chi connectivity index (χ1n) is 7.12. The molecule has 112 valence electrons. The number of fused-ring (bicyclic) bond motifs is 1. The summed E-state index contributed by atoms with van der Waals surface area (Å²) in [5.41, 5.74) is 1.35. The fraction of sp³-hybridized carbons (Fsp3) is 0.600. The van der Waals surface area contributed by atoms with Crippen LogP contribution in [0.1, 0.15) is 33.0 Å². The zero-order valence-corrected chi connectivity index (χ0v) is 14.5. The summed E-state index contributed by atoms with van der Waals surface area (Å²) >= 11 is 5.25. The SMILES string of the molecule is CSC1(C#N)CCN(C(=O)c2cc3c(s2)CCSC3)CC1. The second kappa shape index (κ2) is 6.23. The molecular weight excluding hydrogens is 320 g/mol. The monoisotopic (exact) mass is 338 g/mol. The van der Waals surface area contributed by atoms with Crippen LogP contribution in [0.2, 0.25) is 0 Å². The number of rotatable bonds is 2. The van der Waals surface area contributed by atoms with Crippen LogP contribution < -0.4 is 0 Å². The molecule has 1 aromatic heterocycles. The summed E-state index contributed by atoms with van der Waals surface area (Å²) in [7, 11) is 0. The second-order valence-electron chi connectivity index (χ2n) is 5.46. The molecule has 0 radical (unpaired) electrons. The van der Waals surface area contributed by atoms with Crippen molar-refractivity contribution >= 4 is 40.8 Å². The van der Waals surface area contributed by atoms with Crippen LogP contribution in [0.3, 0.4) is 0 Å². The summed E-state index contributed by atoms with van der Waals surface area (Å²) in [5.74, 6) is 2.37. The number of hydrogen-bond donors (Lipinski definition) is 0. The molecule has 0 bridgehead atoms. The van der Waals surface area contributed by atoms with Crippen LogP contribution in [0, 0.1) is 11.3 Å². The summed E-state index contributed by atoms with van der Waals surface area (Å²) in [6.45, 7) is 1.40. The van der Waals surface area contributed by atoms with E-state index in [2.05, 4.69) is 12.1 Å². The van der Waals surface area contributed by atoms with Gasteiger partial charge in [0, 0.05) is 23.7 Å². The first-order chi connectivity index (χ1) is 10.2. The molecule has 1 aromatic rings. The van der Waals surface area contributed by atoms with Gasteiger partial charge in [-0.25, -0.2) is 0 Å². The molecule has 0 saturated carbocycles. The van der Waals surface area contributed by atoms with Gasteiger partial charge in [0.15, 0.2) is 0 Å². The topological polar surface area (TPSA) is 44.1 Å². The van der Waals surface area contributed by atoms with Crippen molar-refractivity contribution in [2.24, 2.45) is 0 Å². The van der Waals surface area contributed by atoms with Gasteiger partial charge in [0.05, 0.1) is 10.9 Å². The lowest BCUT2D eigenvalue weighted by molar-refractivity contribution is 0.0721. The molecule has 1 amide bonds. The van der Waals surface area contributed by atoms with Gasteiger partial charge in [-0.05, 0) is 42.9 Å². The van der Waals surface area contributed by atoms with Gasteiger partial charge in [0.25, 0.3) is 5.91 Å². The summed E-state index contributed by atoms with van der Waals surface area (Å²) in [4.78, 5) is 16.9. The molecule has 3 nitrogen and oxygen atoms in total. The number of aryl methyl sites for hydroxylation is 1. The van der Waals surface area contributed by atoms with E-state index in [-0.39, 0.29) is 10.7 Å². The van der Waals surface area contributed by atoms with Gasteiger partial charge in [-0.15, -0.1) is 23.1 Å². The minimum absolute atomic E-state index is 0.159. The predicted molar refractivity (Wildman–Crippen MR) is 91.2 cm³/mol. The normalized spacial score (nSPS) is 20.7. The van der Waals surface area contributed by atoms with Crippen molar-refractivity contribution in [1.82, 2.24) is 4.90 Å². The van der Waals surface area contributed by atoms with E-state index in [1.807, 2.05) is 22.9 Å². The maximum Gasteiger partial charge on any atom is 0.263 e. The molecule has 0 N–H and O–H groups in total. The Kier molecular flexibility index (Phi) is 4.53. The summed E-state index contributed by atoms with van der Waals surface area (Å²) in [6, 6.07) is 4.52.